The van der Waals surface area contributed by atoms with Gasteiger partial charge in [0.05, 0.1) is 5.56 Å². The Bertz CT molecular complexity index is 1710. The molecule has 0 saturated heterocycles. The average molecular weight is 663 g/mol. The molecule has 12 heteroatoms. The highest BCUT2D eigenvalue weighted by atomic mass is 19.3. The highest BCUT2D eigenvalue weighted by Gasteiger charge is 2.42. The second-order valence-corrected chi connectivity index (χ2v) is 11.7. The van der Waals surface area contributed by atoms with Gasteiger partial charge < -0.3 is 4.74 Å². The van der Waals surface area contributed by atoms with E-state index in [1.807, 2.05) is 0 Å². The number of hydrogen-bond donors (Lipinski definition) is 0. The Morgan fingerprint density at radius 1 is 0.809 bits per heavy atom. The van der Waals surface area contributed by atoms with E-state index in [2.05, 4.69) is 21.6 Å². The van der Waals surface area contributed by atoms with Gasteiger partial charge in [-0.05, 0) is 67.3 Å². The molecule has 0 unspecified atom stereocenters. The second kappa shape index (κ2) is 14.2. The van der Waals surface area contributed by atoms with E-state index < -0.39 is 69.2 Å². The molecule has 1 aliphatic carbocycles. The van der Waals surface area contributed by atoms with E-state index in [9.17, 15) is 35.5 Å². The van der Waals surface area contributed by atoms with Crippen LogP contribution in [0.2, 0.25) is 0 Å². The molecule has 5 rings (SSSR count). The fourth-order valence-corrected chi connectivity index (χ4v) is 5.93. The van der Waals surface area contributed by atoms with Crippen LogP contribution in [0.25, 0.3) is 11.4 Å². The number of carbonyl (C=O) groups excluding carboxylic acids is 1. The van der Waals surface area contributed by atoms with Gasteiger partial charge in [-0.15, -0.1) is 0 Å². The van der Waals surface area contributed by atoms with Crippen LogP contribution >= 0.6 is 0 Å². The molecule has 1 aliphatic rings. The molecule has 4 nitrogen and oxygen atoms in total. The Hall–Kier alpha value is -4.35. The molecule has 0 spiro atoms. The third-order valence-electron chi connectivity index (χ3n) is 8.48. The van der Waals surface area contributed by atoms with Crippen molar-refractivity contribution < 1.29 is 44.7 Å². The molecule has 1 aromatic heterocycles. The van der Waals surface area contributed by atoms with Crippen LogP contribution in [0.1, 0.15) is 91.3 Å². The number of hydrogen-bond acceptors (Lipinski definition) is 4. The van der Waals surface area contributed by atoms with E-state index in [1.54, 1.807) is 12.4 Å². The first-order valence-corrected chi connectivity index (χ1v) is 15.2. The summed E-state index contributed by atoms with van der Waals surface area (Å²) in [5, 5.41) is 0. The van der Waals surface area contributed by atoms with Gasteiger partial charge in [0, 0.05) is 35.7 Å². The summed E-state index contributed by atoms with van der Waals surface area (Å²) in [6.07, 6.45) is 7.94. The molecule has 1 fully saturated rings. The SMILES string of the molecule is CCCCCC1CCC(c2cnc(-c3ccc(C(=O)c4cc(F)c(C(F)(F)Oc5cc(F)c(F)c(F)c5)c(F)c4)c(F)c3)nc2)CC1. The lowest BCUT2D eigenvalue weighted by molar-refractivity contribution is -0.189. The number of carbonyl (C=O) groups is 1. The second-order valence-electron chi connectivity index (χ2n) is 11.7. The molecule has 1 saturated carbocycles. The van der Waals surface area contributed by atoms with Gasteiger partial charge in [0.15, 0.2) is 29.1 Å². The predicted molar refractivity (Wildman–Crippen MR) is 157 cm³/mol. The molecule has 47 heavy (non-hydrogen) atoms. The Morgan fingerprint density at radius 2 is 1.43 bits per heavy atom. The van der Waals surface area contributed by atoms with Gasteiger partial charge in [-0.3, -0.25) is 4.79 Å². The molecule has 0 radical (unpaired) electrons. The number of nitrogens with zero attached hydrogens (tertiary/aromatic N) is 2. The number of benzene rings is 3. The number of rotatable bonds is 11. The van der Waals surface area contributed by atoms with E-state index in [1.165, 1.54) is 31.7 Å². The van der Waals surface area contributed by atoms with Gasteiger partial charge in [-0.2, -0.15) is 8.78 Å². The minimum atomic E-state index is -4.84. The zero-order valence-electron chi connectivity index (χ0n) is 25.2. The zero-order chi connectivity index (χ0) is 33.9. The maximum absolute atomic E-state index is 15.1. The van der Waals surface area contributed by atoms with Crippen molar-refractivity contribution in [3.63, 3.8) is 0 Å². The minimum Gasteiger partial charge on any atom is -0.429 e. The maximum atomic E-state index is 15.1. The fraction of sp³-hybridized carbons (Fsp3) is 0.343. The van der Waals surface area contributed by atoms with Gasteiger partial charge in [-0.1, -0.05) is 38.7 Å². The smallest absolute Gasteiger partial charge is 0.429 e. The predicted octanol–water partition coefficient (Wildman–Crippen LogP) is 10.2. The van der Waals surface area contributed by atoms with E-state index in [-0.39, 0.29) is 35.7 Å². The molecular formula is C35H30F8N2O2. The molecule has 0 N–H and O–H groups in total. The highest BCUT2D eigenvalue weighted by molar-refractivity contribution is 6.09. The van der Waals surface area contributed by atoms with Crippen LogP contribution in [0.5, 0.6) is 5.75 Å². The minimum absolute atomic E-state index is 0.0622. The molecule has 0 aliphatic heterocycles. The Labute approximate surface area is 265 Å². The first-order chi connectivity index (χ1) is 22.4. The number of ketones is 1. The van der Waals surface area contributed by atoms with Crippen molar-refractivity contribution in [2.24, 2.45) is 5.92 Å². The zero-order valence-corrected chi connectivity index (χ0v) is 25.2. The van der Waals surface area contributed by atoms with Gasteiger partial charge in [0.1, 0.15) is 28.8 Å². The molecule has 0 atom stereocenters. The summed E-state index contributed by atoms with van der Waals surface area (Å²) in [7, 11) is 0. The molecule has 0 bridgehead atoms. The lowest BCUT2D eigenvalue weighted by Gasteiger charge is -2.28. The Morgan fingerprint density at radius 3 is 2.00 bits per heavy atom. The van der Waals surface area contributed by atoms with E-state index >= 15 is 4.39 Å². The van der Waals surface area contributed by atoms with Crippen LogP contribution in [0.15, 0.2) is 54.9 Å². The fourth-order valence-electron chi connectivity index (χ4n) is 5.93. The average Bonchev–Trinajstić information content (AvgIpc) is 3.03. The summed E-state index contributed by atoms with van der Waals surface area (Å²) in [5.74, 6) is -11.9. The van der Waals surface area contributed by atoms with Gasteiger partial charge >= 0.3 is 6.11 Å². The molecule has 248 valence electrons. The molecular weight excluding hydrogens is 632 g/mol. The standard InChI is InChI=1S/C35H30F8N2O2/c1-2-3-4-5-19-6-8-20(9-7-19)23-17-44-34(45-18-23)21-10-11-25(26(36)12-21)33(46)22-13-27(37)31(28(38)14-22)35(42,43)47-24-15-29(39)32(41)30(40)16-24/h10-20H,2-9H2,1H3. The molecule has 3 aromatic carbocycles. The lowest BCUT2D eigenvalue weighted by Crippen LogP contribution is -2.26. The number of unbranched alkanes of at least 4 members (excludes halogenated alkanes) is 2. The van der Waals surface area contributed by atoms with Crippen molar-refractivity contribution in [1.82, 2.24) is 9.97 Å². The van der Waals surface area contributed by atoms with Crippen molar-refractivity contribution >= 4 is 5.78 Å². The Balaban J connectivity index is 1.28. The van der Waals surface area contributed by atoms with Crippen molar-refractivity contribution in [3.05, 3.63) is 112 Å². The van der Waals surface area contributed by atoms with E-state index in [0.29, 0.717) is 5.92 Å². The van der Waals surface area contributed by atoms with Crippen molar-refractivity contribution in [2.45, 2.75) is 70.3 Å². The van der Waals surface area contributed by atoms with Crippen molar-refractivity contribution in [1.29, 1.82) is 0 Å². The largest absolute Gasteiger partial charge is 0.432 e. The molecule has 0 amide bonds. The highest BCUT2D eigenvalue weighted by Crippen LogP contribution is 2.38. The topological polar surface area (TPSA) is 52.1 Å². The van der Waals surface area contributed by atoms with Crippen LogP contribution in [0.4, 0.5) is 35.1 Å². The Kier molecular flexibility index (Phi) is 10.3. The van der Waals surface area contributed by atoms with Crippen molar-refractivity contribution in [2.75, 3.05) is 0 Å². The molecule has 1 heterocycles. The molecule has 4 aromatic rings. The van der Waals surface area contributed by atoms with Gasteiger partial charge in [0.25, 0.3) is 0 Å². The third-order valence-corrected chi connectivity index (χ3v) is 8.48. The first kappa shape index (κ1) is 34.0. The van der Waals surface area contributed by atoms with Crippen LogP contribution in [-0.4, -0.2) is 15.8 Å². The van der Waals surface area contributed by atoms with Crippen molar-refractivity contribution in [3.8, 4) is 17.1 Å². The number of halogens is 8. The van der Waals surface area contributed by atoms with Crippen LogP contribution in [0.3, 0.4) is 0 Å². The summed E-state index contributed by atoms with van der Waals surface area (Å²) in [6, 6.07) is 4.00. The van der Waals surface area contributed by atoms with Gasteiger partial charge in [-0.25, -0.2) is 36.3 Å². The quantitative estimate of drug-likeness (QED) is 0.0694. The van der Waals surface area contributed by atoms with Crippen LogP contribution < -0.4 is 4.74 Å². The summed E-state index contributed by atoms with van der Waals surface area (Å²) >= 11 is 0. The number of alkyl halides is 2. The van der Waals surface area contributed by atoms with Crippen LogP contribution in [0, 0.1) is 40.8 Å². The normalized spacial score (nSPS) is 16.7. The summed E-state index contributed by atoms with van der Waals surface area (Å²) in [6.45, 7) is 2.19. The number of aromatic nitrogens is 2. The maximum Gasteiger partial charge on any atom is 0.432 e. The van der Waals surface area contributed by atoms with Crippen LogP contribution in [-0.2, 0) is 6.11 Å². The third kappa shape index (κ3) is 7.63. The van der Waals surface area contributed by atoms with E-state index in [0.717, 1.165) is 49.3 Å². The van der Waals surface area contributed by atoms with E-state index in [4.69, 9.17) is 0 Å². The monoisotopic (exact) mass is 662 g/mol. The number of ether oxygens (including phenoxy) is 1. The summed E-state index contributed by atoms with van der Waals surface area (Å²) < 4.78 is 118. The lowest BCUT2D eigenvalue weighted by atomic mass is 9.77. The summed E-state index contributed by atoms with van der Waals surface area (Å²) in [5.41, 5.74) is -2.16. The summed E-state index contributed by atoms with van der Waals surface area (Å²) in [4.78, 5) is 21.7. The van der Waals surface area contributed by atoms with Gasteiger partial charge in [0.2, 0.25) is 0 Å². The first-order valence-electron chi connectivity index (χ1n) is 15.2.